The van der Waals surface area contributed by atoms with Gasteiger partial charge in [-0.1, -0.05) is 6.07 Å². The van der Waals surface area contributed by atoms with E-state index in [1.807, 2.05) is 20.8 Å². The number of nitrogens with one attached hydrogen (secondary N) is 1. The Labute approximate surface area is 150 Å². The lowest BCUT2D eigenvalue weighted by molar-refractivity contribution is -0.0575. The molecule has 0 radical (unpaired) electrons. The van der Waals surface area contributed by atoms with Gasteiger partial charge in [-0.2, -0.15) is 0 Å². The van der Waals surface area contributed by atoms with Crippen LogP contribution in [0, 0.1) is 6.92 Å². The summed E-state index contributed by atoms with van der Waals surface area (Å²) in [6.45, 7) is 11.2. The van der Waals surface area contributed by atoms with Gasteiger partial charge in [0.05, 0.1) is 29.3 Å². The number of nitrogens with zero attached hydrogens (tertiary/aromatic N) is 2. The SMILES string of the molecule is Cc1ccc2nc([C@@H]3CCCN(C[C@@H](O)COC(C)(C)C)C3)[nH]c2c1. The number of ether oxygens (including phenoxy) is 1. The van der Waals surface area contributed by atoms with Crippen molar-refractivity contribution in [1.29, 1.82) is 0 Å². The minimum absolute atomic E-state index is 0.210. The number of aromatic amines is 1. The molecule has 2 heterocycles. The van der Waals surface area contributed by atoms with Gasteiger partial charge in [0.1, 0.15) is 5.82 Å². The van der Waals surface area contributed by atoms with Gasteiger partial charge >= 0.3 is 0 Å². The summed E-state index contributed by atoms with van der Waals surface area (Å²) in [5.74, 6) is 1.47. The summed E-state index contributed by atoms with van der Waals surface area (Å²) in [6, 6.07) is 6.34. The minimum atomic E-state index is -0.448. The highest BCUT2D eigenvalue weighted by atomic mass is 16.5. The van der Waals surface area contributed by atoms with Crippen molar-refractivity contribution in [3.63, 3.8) is 0 Å². The molecular formula is C20H31N3O2. The average molecular weight is 345 g/mol. The number of aryl methyl sites for hydroxylation is 1. The second-order valence-electron chi connectivity index (χ2n) is 8.32. The Hall–Kier alpha value is -1.43. The molecule has 1 fully saturated rings. The van der Waals surface area contributed by atoms with Crippen LogP contribution < -0.4 is 0 Å². The Kier molecular flexibility index (Phi) is 5.46. The first-order valence-corrected chi connectivity index (χ1v) is 9.31. The van der Waals surface area contributed by atoms with E-state index in [1.54, 1.807) is 0 Å². The van der Waals surface area contributed by atoms with Crippen molar-refractivity contribution in [2.24, 2.45) is 0 Å². The second-order valence-corrected chi connectivity index (χ2v) is 8.32. The van der Waals surface area contributed by atoms with Crippen LogP contribution in [0.3, 0.4) is 0 Å². The Morgan fingerprint density at radius 1 is 1.40 bits per heavy atom. The number of piperidine rings is 1. The summed E-state index contributed by atoms with van der Waals surface area (Å²) in [5, 5.41) is 10.3. The average Bonchev–Trinajstić information content (AvgIpc) is 2.96. The second kappa shape index (κ2) is 7.44. The number of aliphatic hydroxyl groups is 1. The van der Waals surface area contributed by atoms with Crippen molar-refractivity contribution in [3.05, 3.63) is 29.6 Å². The van der Waals surface area contributed by atoms with Gasteiger partial charge < -0.3 is 14.8 Å². The van der Waals surface area contributed by atoms with Crippen LogP contribution in [0.2, 0.25) is 0 Å². The monoisotopic (exact) mass is 345 g/mol. The molecular weight excluding hydrogens is 314 g/mol. The van der Waals surface area contributed by atoms with Crippen LogP contribution in [0.1, 0.15) is 50.9 Å². The molecule has 25 heavy (non-hydrogen) atoms. The normalized spacial score (nSPS) is 20.9. The maximum atomic E-state index is 10.3. The zero-order valence-electron chi connectivity index (χ0n) is 15.9. The molecule has 0 bridgehead atoms. The van der Waals surface area contributed by atoms with E-state index >= 15 is 0 Å². The van der Waals surface area contributed by atoms with Gasteiger partial charge in [0, 0.05) is 19.0 Å². The Morgan fingerprint density at radius 3 is 2.96 bits per heavy atom. The third-order valence-corrected chi connectivity index (χ3v) is 4.73. The van der Waals surface area contributed by atoms with Gasteiger partial charge in [-0.3, -0.25) is 4.90 Å². The van der Waals surface area contributed by atoms with Crippen LogP contribution in [0.15, 0.2) is 18.2 Å². The number of β-amino-alcohol motifs (C(OH)–C–C–N with tert-alkyl or cyclic N) is 1. The number of likely N-dealkylation sites (tertiary alicyclic amines) is 1. The van der Waals surface area contributed by atoms with Crippen LogP contribution in [-0.4, -0.2) is 57.9 Å². The molecule has 2 N–H and O–H groups in total. The molecule has 0 unspecified atom stereocenters. The maximum absolute atomic E-state index is 10.3. The minimum Gasteiger partial charge on any atom is -0.389 e. The molecule has 1 aromatic carbocycles. The summed E-state index contributed by atoms with van der Waals surface area (Å²) in [6.07, 6.45) is 1.83. The van der Waals surface area contributed by atoms with Crippen molar-refractivity contribution in [3.8, 4) is 0 Å². The highest BCUT2D eigenvalue weighted by molar-refractivity contribution is 5.75. The lowest BCUT2D eigenvalue weighted by Crippen LogP contribution is -2.41. The molecule has 2 aromatic rings. The van der Waals surface area contributed by atoms with E-state index in [-0.39, 0.29) is 5.60 Å². The van der Waals surface area contributed by atoms with Gasteiger partial charge in [-0.15, -0.1) is 0 Å². The van der Waals surface area contributed by atoms with Crippen LogP contribution in [0.25, 0.3) is 11.0 Å². The quantitative estimate of drug-likeness (QED) is 0.873. The summed E-state index contributed by atoms with van der Waals surface area (Å²) < 4.78 is 5.70. The third kappa shape index (κ3) is 5.03. The summed E-state index contributed by atoms with van der Waals surface area (Å²) >= 11 is 0. The molecule has 5 heteroatoms. The van der Waals surface area contributed by atoms with E-state index < -0.39 is 6.10 Å². The van der Waals surface area contributed by atoms with E-state index in [2.05, 4.69) is 35.0 Å². The number of imidazole rings is 1. The highest BCUT2D eigenvalue weighted by Gasteiger charge is 2.25. The number of aromatic nitrogens is 2. The van der Waals surface area contributed by atoms with Gasteiger partial charge in [0.2, 0.25) is 0 Å². The van der Waals surface area contributed by atoms with Gasteiger partial charge in [-0.25, -0.2) is 4.98 Å². The smallest absolute Gasteiger partial charge is 0.111 e. The zero-order valence-corrected chi connectivity index (χ0v) is 15.9. The molecule has 138 valence electrons. The molecule has 5 nitrogen and oxygen atoms in total. The highest BCUT2D eigenvalue weighted by Crippen LogP contribution is 2.27. The fraction of sp³-hybridized carbons (Fsp3) is 0.650. The van der Waals surface area contributed by atoms with Crippen molar-refractivity contribution in [2.75, 3.05) is 26.2 Å². The molecule has 2 atom stereocenters. The third-order valence-electron chi connectivity index (χ3n) is 4.73. The molecule has 1 aliphatic rings. The first kappa shape index (κ1) is 18.4. The fourth-order valence-electron chi connectivity index (χ4n) is 3.48. The van der Waals surface area contributed by atoms with E-state index in [4.69, 9.17) is 9.72 Å². The molecule has 1 aromatic heterocycles. The van der Waals surface area contributed by atoms with E-state index in [1.165, 1.54) is 5.56 Å². The first-order valence-electron chi connectivity index (χ1n) is 9.31. The number of rotatable bonds is 5. The molecule has 3 rings (SSSR count). The molecule has 0 amide bonds. The van der Waals surface area contributed by atoms with E-state index in [0.29, 0.717) is 19.1 Å². The van der Waals surface area contributed by atoms with Crippen molar-refractivity contribution in [2.45, 2.75) is 58.2 Å². The van der Waals surface area contributed by atoms with E-state index in [0.717, 1.165) is 42.8 Å². The molecule has 0 saturated carbocycles. The standard InChI is InChI=1S/C20H31N3O2/c1-14-7-8-17-18(10-14)22-19(21-17)15-6-5-9-23(11-15)12-16(24)13-25-20(2,3)4/h7-8,10,15-16,24H,5-6,9,11-13H2,1-4H3,(H,21,22)/t15-,16-/m1/s1. The Balaban J connectivity index is 1.60. The lowest BCUT2D eigenvalue weighted by Gasteiger charge is -2.33. The number of fused-ring (bicyclic) bond motifs is 1. The zero-order chi connectivity index (χ0) is 18.0. The van der Waals surface area contributed by atoms with Crippen LogP contribution in [0.5, 0.6) is 0 Å². The number of H-pyrrole nitrogens is 1. The molecule has 0 aliphatic carbocycles. The van der Waals surface area contributed by atoms with E-state index in [9.17, 15) is 5.11 Å². The fourth-order valence-corrected chi connectivity index (χ4v) is 3.48. The van der Waals surface area contributed by atoms with Crippen LogP contribution in [0.4, 0.5) is 0 Å². The Bertz CT molecular complexity index is 705. The summed E-state index contributed by atoms with van der Waals surface area (Å²) in [7, 11) is 0. The van der Waals surface area contributed by atoms with Crippen LogP contribution >= 0.6 is 0 Å². The Morgan fingerprint density at radius 2 is 2.20 bits per heavy atom. The summed E-state index contributed by atoms with van der Waals surface area (Å²) in [4.78, 5) is 10.6. The van der Waals surface area contributed by atoms with Crippen LogP contribution in [-0.2, 0) is 4.74 Å². The van der Waals surface area contributed by atoms with Gasteiger partial charge in [-0.05, 0) is 64.8 Å². The van der Waals surface area contributed by atoms with Gasteiger partial charge in [0.25, 0.3) is 0 Å². The first-order chi connectivity index (χ1) is 11.8. The summed E-state index contributed by atoms with van der Waals surface area (Å²) in [5.41, 5.74) is 3.19. The molecule has 1 aliphatic heterocycles. The lowest BCUT2D eigenvalue weighted by atomic mass is 9.97. The predicted octanol–water partition coefficient (Wildman–Crippen LogP) is 3.23. The number of aliphatic hydroxyl groups excluding tert-OH is 1. The number of benzene rings is 1. The van der Waals surface area contributed by atoms with Crippen molar-refractivity contribution < 1.29 is 9.84 Å². The number of hydrogen-bond acceptors (Lipinski definition) is 4. The van der Waals surface area contributed by atoms with Gasteiger partial charge in [0.15, 0.2) is 0 Å². The predicted molar refractivity (Wildman–Crippen MR) is 101 cm³/mol. The topological polar surface area (TPSA) is 61.4 Å². The number of hydrogen-bond donors (Lipinski definition) is 2. The molecule has 0 spiro atoms. The largest absolute Gasteiger partial charge is 0.389 e. The molecule has 1 saturated heterocycles. The van der Waals surface area contributed by atoms with Crippen molar-refractivity contribution in [1.82, 2.24) is 14.9 Å². The van der Waals surface area contributed by atoms with Crippen molar-refractivity contribution >= 4 is 11.0 Å². The maximum Gasteiger partial charge on any atom is 0.111 e.